The predicted molar refractivity (Wildman–Crippen MR) is 85.7 cm³/mol. The van der Waals surface area contributed by atoms with Crippen LogP contribution in [-0.2, 0) is 16.1 Å². The number of hydrogen-bond donors (Lipinski definition) is 0. The van der Waals surface area contributed by atoms with E-state index in [2.05, 4.69) is 15.0 Å². The van der Waals surface area contributed by atoms with Gasteiger partial charge in [-0.15, -0.1) is 11.3 Å². The Labute approximate surface area is 138 Å². The molecule has 0 radical (unpaired) electrons. The van der Waals surface area contributed by atoms with Crippen molar-refractivity contribution >= 4 is 17.2 Å². The number of thiazole rings is 1. The average Bonchev–Trinajstić information content (AvgIpc) is 3.22. The van der Waals surface area contributed by atoms with Gasteiger partial charge in [-0.1, -0.05) is 0 Å². The summed E-state index contributed by atoms with van der Waals surface area (Å²) in [5, 5.41) is 2.79. The molecule has 2 aliphatic rings. The van der Waals surface area contributed by atoms with Gasteiger partial charge >= 0.3 is 0 Å². The van der Waals surface area contributed by atoms with Crippen molar-refractivity contribution in [1.29, 1.82) is 0 Å². The summed E-state index contributed by atoms with van der Waals surface area (Å²) < 4.78 is 5.57. The molecule has 23 heavy (non-hydrogen) atoms. The summed E-state index contributed by atoms with van der Waals surface area (Å²) >= 11 is 1.52. The van der Waals surface area contributed by atoms with Crippen LogP contribution in [0.3, 0.4) is 0 Å². The maximum Gasteiger partial charge on any atom is 0.222 e. The fourth-order valence-electron chi connectivity index (χ4n) is 3.31. The third-order valence-corrected chi connectivity index (χ3v) is 5.48. The minimum Gasteiger partial charge on any atom is -0.381 e. The van der Waals surface area contributed by atoms with E-state index in [-0.39, 0.29) is 11.3 Å². The predicted octanol–water partition coefficient (Wildman–Crippen LogP) is 2.13. The molecule has 0 N–H and O–H groups in total. The van der Waals surface area contributed by atoms with Crippen LogP contribution in [0.1, 0.15) is 25.0 Å². The van der Waals surface area contributed by atoms with E-state index in [0.29, 0.717) is 18.8 Å². The zero-order valence-electron chi connectivity index (χ0n) is 12.8. The summed E-state index contributed by atoms with van der Waals surface area (Å²) in [5.74, 6) is 0.849. The van der Waals surface area contributed by atoms with Crippen LogP contribution in [0.15, 0.2) is 23.8 Å². The monoisotopic (exact) mass is 330 g/mol. The van der Waals surface area contributed by atoms with Gasteiger partial charge in [-0.3, -0.25) is 4.79 Å². The van der Waals surface area contributed by atoms with Crippen molar-refractivity contribution in [2.24, 2.45) is 5.41 Å². The highest BCUT2D eigenvalue weighted by atomic mass is 32.1. The Morgan fingerprint density at radius 2 is 2.17 bits per heavy atom. The lowest BCUT2D eigenvalue weighted by Crippen LogP contribution is -2.46. The van der Waals surface area contributed by atoms with Crippen LogP contribution in [0.4, 0.5) is 0 Å². The normalized spacial score (nSPS) is 24.5. The topological polar surface area (TPSA) is 68.2 Å². The first-order valence-electron chi connectivity index (χ1n) is 7.81. The van der Waals surface area contributed by atoms with E-state index in [1.807, 2.05) is 10.3 Å². The summed E-state index contributed by atoms with van der Waals surface area (Å²) in [6, 6.07) is 1.79. The Kier molecular flexibility index (Phi) is 3.82. The highest BCUT2D eigenvalue weighted by Crippen LogP contribution is 2.38. The van der Waals surface area contributed by atoms with Gasteiger partial charge in [-0.2, -0.15) is 0 Å². The smallest absolute Gasteiger partial charge is 0.222 e. The second kappa shape index (κ2) is 5.98. The Morgan fingerprint density at radius 3 is 2.96 bits per heavy atom. The van der Waals surface area contributed by atoms with Crippen LogP contribution in [0.25, 0.3) is 10.8 Å². The van der Waals surface area contributed by atoms with Gasteiger partial charge in [0.1, 0.15) is 0 Å². The molecule has 7 heteroatoms. The molecule has 1 spiro atoms. The quantitative estimate of drug-likeness (QED) is 0.862. The first-order chi connectivity index (χ1) is 11.2. The lowest BCUT2D eigenvalue weighted by molar-refractivity contribution is -0.138. The number of piperidine rings is 1. The van der Waals surface area contributed by atoms with Crippen LogP contribution in [0, 0.1) is 5.41 Å². The van der Waals surface area contributed by atoms with Crippen molar-refractivity contribution in [1.82, 2.24) is 19.9 Å². The summed E-state index contributed by atoms with van der Waals surface area (Å²) in [7, 11) is 0. The number of rotatable bonds is 3. The van der Waals surface area contributed by atoms with E-state index >= 15 is 0 Å². The van der Waals surface area contributed by atoms with Gasteiger partial charge in [0.15, 0.2) is 10.8 Å². The lowest BCUT2D eigenvalue weighted by atomic mass is 9.79. The molecule has 2 fully saturated rings. The third kappa shape index (κ3) is 2.98. The number of carbonyl (C=O) groups is 1. The van der Waals surface area contributed by atoms with E-state index in [0.717, 1.165) is 43.3 Å². The molecule has 0 aliphatic carbocycles. The van der Waals surface area contributed by atoms with Gasteiger partial charge in [-0.25, -0.2) is 15.0 Å². The summed E-state index contributed by atoms with van der Waals surface area (Å²) in [6.45, 7) is 2.93. The van der Waals surface area contributed by atoms with Crippen molar-refractivity contribution < 1.29 is 9.53 Å². The molecule has 0 saturated carbocycles. The Morgan fingerprint density at radius 1 is 1.30 bits per heavy atom. The van der Waals surface area contributed by atoms with E-state index in [1.165, 1.54) is 11.3 Å². The van der Waals surface area contributed by atoms with Gasteiger partial charge in [0.25, 0.3) is 0 Å². The molecule has 4 rings (SSSR count). The fraction of sp³-hybridized carbons (Fsp3) is 0.500. The molecular weight excluding hydrogens is 312 g/mol. The summed E-state index contributed by atoms with van der Waals surface area (Å²) in [4.78, 5) is 27.2. The first-order valence-corrected chi connectivity index (χ1v) is 8.69. The average molecular weight is 330 g/mol. The second-order valence-electron chi connectivity index (χ2n) is 6.27. The SMILES string of the molecule is O=C1CC[C@@]2(CCOC2)CN1Cc1csc(-c2ncccn2)n1. The first kappa shape index (κ1) is 14.7. The highest BCUT2D eigenvalue weighted by molar-refractivity contribution is 7.13. The van der Waals surface area contributed by atoms with E-state index < -0.39 is 0 Å². The van der Waals surface area contributed by atoms with Gasteiger partial charge in [0, 0.05) is 42.8 Å². The molecular formula is C16H18N4O2S. The zero-order valence-corrected chi connectivity index (χ0v) is 13.6. The standard InChI is InChI=1S/C16H18N4O2S/c21-13-2-3-16(4-7-22-11-16)10-20(13)8-12-9-23-15(19-12)14-17-5-1-6-18-14/h1,5-6,9H,2-4,7-8,10-11H2/t16-/m1/s1. The Hall–Kier alpha value is -1.86. The largest absolute Gasteiger partial charge is 0.381 e. The molecule has 0 unspecified atom stereocenters. The van der Waals surface area contributed by atoms with Crippen molar-refractivity contribution in [3.05, 3.63) is 29.5 Å². The van der Waals surface area contributed by atoms with Gasteiger partial charge in [-0.05, 0) is 18.9 Å². The molecule has 2 aromatic rings. The van der Waals surface area contributed by atoms with Gasteiger partial charge in [0.05, 0.1) is 18.8 Å². The summed E-state index contributed by atoms with van der Waals surface area (Å²) in [5.41, 5.74) is 1.07. The molecule has 2 aromatic heterocycles. The van der Waals surface area contributed by atoms with Crippen LogP contribution in [0.2, 0.25) is 0 Å². The molecule has 2 aliphatic heterocycles. The van der Waals surface area contributed by atoms with Gasteiger partial charge < -0.3 is 9.64 Å². The highest BCUT2D eigenvalue weighted by Gasteiger charge is 2.41. The minimum atomic E-state index is 0.162. The molecule has 120 valence electrons. The van der Waals surface area contributed by atoms with Crippen molar-refractivity contribution in [2.45, 2.75) is 25.8 Å². The van der Waals surface area contributed by atoms with Crippen molar-refractivity contribution in [3.63, 3.8) is 0 Å². The Bertz CT molecular complexity index is 697. The molecule has 0 bridgehead atoms. The molecule has 2 saturated heterocycles. The minimum absolute atomic E-state index is 0.162. The molecule has 1 amide bonds. The van der Waals surface area contributed by atoms with Crippen molar-refractivity contribution in [2.75, 3.05) is 19.8 Å². The Balaban J connectivity index is 1.49. The molecule has 1 atom stereocenters. The third-order valence-electron chi connectivity index (χ3n) is 4.59. The molecule has 4 heterocycles. The van der Waals surface area contributed by atoms with E-state index in [9.17, 15) is 4.79 Å². The van der Waals surface area contributed by atoms with Crippen molar-refractivity contribution in [3.8, 4) is 10.8 Å². The van der Waals surface area contributed by atoms with E-state index in [4.69, 9.17) is 4.74 Å². The number of aromatic nitrogens is 3. The molecule has 0 aromatic carbocycles. The number of nitrogens with zero attached hydrogens (tertiary/aromatic N) is 4. The number of carbonyl (C=O) groups excluding carboxylic acids is 1. The molecule has 6 nitrogen and oxygen atoms in total. The zero-order chi connectivity index (χ0) is 15.7. The van der Waals surface area contributed by atoms with Crippen LogP contribution in [-0.4, -0.2) is 45.5 Å². The fourth-order valence-corrected chi connectivity index (χ4v) is 4.06. The number of likely N-dealkylation sites (tertiary alicyclic amines) is 1. The maximum absolute atomic E-state index is 12.3. The summed E-state index contributed by atoms with van der Waals surface area (Å²) in [6.07, 6.45) is 6.03. The van der Waals surface area contributed by atoms with Crippen LogP contribution >= 0.6 is 11.3 Å². The van der Waals surface area contributed by atoms with Crippen LogP contribution < -0.4 is 0 Å². The van der Waals surface area contributed by atoms with Crippen LogP contribution in [0.5, 0.6) is 0 Å². The number of ether oxygens (including phenoxy) is 1. The van der Waals surface area contributed by atoms with Gasteiger partial charge in [0.2, 0.25) is 5.91 Å². The maximum atomic E-state index is 12.3. The number of hydrogen-bond acceptors (Lipinski definition) is 6. The second-order valence-corrected chi connectivity index (χ2v) is 7.13. The number of amides is 1. The van der Waals surface area contributed by atoms with E-state index in [1.54, 1.807) is 18.5 Å². The lowest BCUT2D eigenvalue weighted by Gasteiger charge is -2.38.